The number of rotatable bonds is 2. The maximum Gasteiger partial charge on any atom is 0.159 e. The van der Waals surface area contributed by atoms with Gasteiger partial charge in [0, 0.05) is 47.7 Å². The quantitative estimate of drug-likeness (QED) is 0.610. The number of nitrogens with zero attached hydrogens (tertiary/aromatic N) is 3. The lowest BCUT2D eigenvalue weighted by molar-refractivity contribution is 0.509. The zero-order valence-corrected chi connectivity index (χ0v) is 12.2. The first-order valence-corrected chi connectivity index (χ1v) is 7.03. The van der Waals surface area contributed by atoms with Crippen molar-refractivity contribution in [2.75, 3.05) is 0 Å². The molecule has 0 aliphatic rings. The zero-order valence-electron chi connectivity index (χ0n) is 12.2. The maximum absolute atomic E-state index is 13.5. The fraction of sp³-hybridized carbons (Fsp3) is 0.0588. The molecule has 0 unspecified atom stereocenters. The lowest BCUT2D eigenvalue weighted by atomic mass is 10.0. The molecule has 0 aliphatic carbocycles. The summed E-state index contributed by atoms with van der Waals surface area (Å²) in [6, 6.07) is 5.83. The largest absolute Gasteiger partial charge is 0.346 e. The number of H-pyrrole nitrogens is 1. The van der Waals surface area contributed by atoms with Gasteiger partial charge < -0.3 is 4.98 Å². The summed E-state index contributed by atoms with van der Waals surface area (Å²) in [5.74, 6) is -1.73. The molecule has 0 bridgehead atoms. The fourth-order valence-electron chi connectivity index (χ4n) is 2.63. The first-order valence-electron chi connectivity index (χ1n) is 7.03. The summed E-state index contributed by atoms with van der Waals surface area (Å²) in [5.41, 5.74) is 3.92. The van der Waals surface area contributed by atoms with Crippen molar-refractivity contribution < 1.29 is 8.78 Å². The Balaban J connectivity index is 1.89. The standard InChI is InChI=1S/C17H12F2N4/c1-23-9-12(7-22-23)11-4-13-14(8-21-17(13)20-6-11)10-2-3-15(18)16(19)5-10/h2-9H,1H3,(H,20,21). The van der Waals surface area contributed by atoms with Crippen LogP contribution in [-0.4, -0.2) is 19.7 Å². The van der Waals surface area contributed by atoms with Gasteiger partial charge in [0.15, 0.2) is 11.6 Å². The smallest absolute Gasteiger partial charge is 0.159 e. The van der Waals surface area contributed by atoms with Crippen LogP contribution in [0.4, 0.5) is 8.78 Å². The molecule has 0 aliphatic heterocycles. The second-order valence-corrected chi connectivity index (χ2v) is 5.35. The van der Waals surface area contributed by atoms with Crippen LogP contribution in [0, 0.1) is 11.6 Å². The number of halogens is 2. The van der Waals surface area contributed by atoms with Crippen LogP contribution in [-0.2, 0) is 7.05 Å². The van der Waals surface area contributed by atoms with Crippen LogP contribution >= 0.6 is 0 Å². The van der Waals surface area contributed by atoms with E-state index in [0.717, 1.165) is 28.1 Å². The molecule has 1 aromatic carbocycles. The molecule has 3 aromatic heterocycles. The van der Waals surface area contributed by atoms with Gasteiger partial charge in [-0.3, -0.25) is 4.68 Å². The second-order valence-electron chi connectivity index (χ2n) is 5.35. The topological polar surface area (TPSA) is 46.5 Å². The summed E-state index contributed by atoms with van der Waals surface area (Å²) >= 11 is 0. The van der Waals surface area contributed by atoms with Crippen molar-refractivity contribution in [3.63, 3.8) is 0 Å². The van der Waals surface area contributed by atoms with Gasteiger partial charge in [0.25, 0.3) is 0 Å². The zero-order chi connectivity index (χ0) is 16.0. The third-order valence-corrected chi connectivity index (χ3v) is 3.80. The minimum absolute atomic E-state index is 0.597. The molecule has 1 N–H and O–H groups in total. The predicted octanol–water partition coefficient (Wildman–Crippen LogP) is 3.91. The monoisotopic (exact) mass is 310 g/mol. The number of nitrogens with one attached hydrogen (secondary N) is 1. The van der Waals surface area contributed by atoms with Crippen molar-refractivity contribution in [2.45, 2.75) is 0 Å². The number of aryl methyl sites for hydroxylation is 1. The summed E-state index contributed by atoms with van der Waals surface area (Å²) in [5, 5.41) is 5.00. The molecular formula is C17H12F2N4. The first-order chi connectivity index (χ1) is 11.1. The fourth-order valence-corrected chi connectivity index (χ4v) is 2.63. The van der Waals surface area contributed by atoms with E-state index in [1.807, 2.05) is 19.3 Å². The molecule has 4 nitrogen and oxygen atoms in total. The molecule has 0 saturated carbocycles. The van der Waals surface area contributed by atoms with Gasteiger partial charge >= 0.3 is 0 Å². The molecule has 0 saturated heterocycles. The summed E-state index contributed by atoms with van der Waals surface area (Å²) < 4.78 is 28.4. The van der Waals surface area contributed by atoms with E-state index in [9.17, 15) is 8.78 Å². The van der Waals surface area contributed by atoms with Crippen LogP contribution in [0.1, 0.15) is 0 Å². The SMILES string of the molecule is Cn1cc(-c2cnc3[nH]cc(-c4ccc(F)c(F)c4)c3c2)cn1. The van der Waals surface area contributed by atoms with Crippen LogP contribution in [0.25, 0.3) is 33.3 Å². The third-order valence-electron chi connectivity index (χ3n) is 3.80. The number of aromatic nitrogens is 4. The highest BCUT2D eigenvalue weighted by molar-refractivity contribution is 5.95. The lowest BCUT2D eigenvalue weighted by Gasteiger charge is -2.02. The molecule has 3 heterocycles. The summed E-state index contributed by atoms with van der Waals surface area (Å²) in [6.45, 7) is 0. The van der Waals surface area contributed by atoms with Gasteiger partial charge in [-0.1, -0.05) is 6.07 Å². The Bertz CT molecular complexity index is 1020. The minimum Gasteiger partial charge on any atom is -0.346 e. The van der Waals surface area contributed by atoms with Crippen molar-refractivity contribution in [3.05, 3.63) is 60.7 Å². The normalized spacial score (nSPS) is 11.3. The molecule has 4 aromatic rings. The van der Waals surface area contributed by atoms with Gasteiger partial charge in [-0.2, -0.15) is 5.10 Å². The number of fused-ring (bicyclic) bond motifs is 1. The number of benzene rings is 1. The number of aromatic amines is 1. The highest BCUT2D eigenvalue weighted by Gasteiger charge is 2.11. The number of hydrogen-bond donors (Lipinski definition) is 1. The molecule has 0 fully saturated rings. The van der Waals surface area contributed by atoms with E-state index in [4.69, 9.17) is 0 Å². The van der Waals surface area contributed by atoms with Crippen LogP contribution < -0.4 is 0 Å². The van der Waals surface area contributed by atoms with E-state index in [1.165, 1.54) is 6.07 Å². The van der Waals surface area contributed by atoms with Crippen molar-refractivity contribution in [1.82, 2.24) is 19.7 Å². The molecule has 4 rings (SSSR count). The Hall–Kier alpha value is -3.02. The third kappa shape index (κ3) is 2.28. The van der Waals surface area contributed by atoms with Gasteiger partial charge in [-0.25, -0.2) is 13.8 Å². The van der Waals surface area contributed by atoms with Gasteiger partial charge in [-0.05, 0) is 23.8 Å². The second kappa shape index (κ2) is 5.01. The van der Waals surface area contributed by atoms with Crippen molar-refractivity contribution in [1.29, 1.82) is 0 Å². The van der Waals surface area contributed by atoms with Crippen LogP contribution in [0.15, 0.2) is 49.1 Å². The van der Waals surface area contributed by atoms with Crippen LogP contribution in [0.2, 0.25) is 0 Å². The van der Waals surface area contributed by atoms with Crippen molar-refractivity contribution >= 4 is 11.0 Å². The van der Waals surface area contributed by atoms with Gasteiger partial charge in [0.1, 0.15) is 5.65 Å². The van der Waals surface area contributed by atoms with E-state index >= 15 is 0 Å². The Kier molecular flexibility index (Phi) is 2.97. The van der Waals surface area contributed by atoms with Crippen LogP contribution in [0.5, 0.6) is 0 Å². The highest BCUT2D eigenvalue weighted by Crippen LogP contribution is 2.31. The van der Waals surface area contributed by atoms with Gasteiger partial charge in [0.2, 0.25) is 0 Å². The molecule has 0 spiro atoms. The van der Waals surface area contributed by atoms with E-state index in [1.54, 1.807) is 29.3 Å². The predicted molar refractivity (Wildman–Crippen MR) is 83.6 cm³/mol. The van der Waals surface area contributed by atoms with E-state index in [-0.39, 0.29) is 0 Å². The number of pyridine rings is 1. The highest BCUT2D eigenvalue weighted by atomic mass is 19.2. The van der Waals surface area contributed by atoms with E-state index in [0.29, 0.717) is 11.2 Å². The minimum atomic E-state index is -0.867. The number of hydrogen-bond acceptors (Lipinski definition) is 2. The Morgan fingerprint density at radius 3 is 2.61 bits per heavy atom. The molecule has 6 heteroatoms. The molecule has 0 amide bonds. The maximum atomic E-state index is 13.5. The first kappa shape index (κ1) is 13.6. The summed E-state index contributed by atoms with van der Waals surface area (Å²) in [6.07, 6.45) is 7.15. The molecule has 23 heavy (non-hydrogen) atoms. The molecule has 0 radical (unpaired) electrons. The molecular weight excluding hydrogens is 298 g/mol. The average Bonchev–Trinajstić information content (AvgIpc) is 3.15. The molecule has 0 atom stereocenters. The van der Waals surface area contributed by atoms with Crippen molar-refractivity contribution in [3.8, 4) is 22.3 Å². The van der Waals surface area contributed by atoms with Crippen LogP contribution in [0.3, 0.4) is 0 Å². The van der Waals surface area contributed by atoms with Gasteiger partial charge in [-0.15, -0.1) is 0 Å². The van der Waals surface area contributed by atoms with Crippen molar-refractivity contribution in [2.24, 2.45) is 7.05 Å². The lowest BCUT2D eigenvalue weighted by Crippen LogP contribution is -1.86. The Labute approximate surface area is 130 Å². The summed E-state index contributed by atoms with van der Waals surface area (Å²) in [7, 11) is 1.85. The molecule has 114 valence electrons. The summed E-state index contributed by atoms with van der Waals surface area (Å²) in [4.78, 5) is 7.45. The van der Waals surface area contributed by atoms with E-state index < -0.39 is 11.6 Å². The van der Waals surface area contributed by atoms with E-state index in [2.05, 4.69) is 15.1 Å². The Morgan fingerprint density at radius 2 is 1.87 bits per heavy atom. The van der Waals surface area contributed by atoms with Gasteiger partial charge in [0.05, 0.1) is 6.20 Å². The average molecular weight is 310 g/mol. The Morgan fingerprint density at radius 1 is 1.00 bits per heavy atom.